The molecule has 298 valence electrons. The van der Waals surface area contributed by atoms with Gasteiger partial charge in [-0.3, -0.25) is 14.9 Å². The molecule has 0 saturated carbocycles. The molecular weight excluding hydrogens is 767 g/mol. The zero-order valence-electron chi connectivity index (χ0n) is 34.4. The lowest BCUT2D eigenvalue weighted by Crippen LogP contribution is -2.39. The van der Waals surface area contributed by atoms with Crippen LogP contribution in [0.15, 0.2) is 225 Å². The molecule has 0 aliphatic carbocycles. The molecule has 63 heavy (non-hydrogen) atoms. The fraction of sp³-hybridized carbons (Fsp3) is 0.0345. The molecule has 0 amide bonds. The van der Waals surface area contributed by atoms with Crippen LogP contribution in [0.1, 0.15) is 28.9 Å². The summed E-state index contributed by atoms with van der Waals surface area (Å²) in [6.07, 6.45) is 4.13. The van der Waals surface area contributed by atoms with Crippen LogP contribution in [-0.4, -0.2) is 14.5 Å². The van der Waals surface area contributed by atoms with Crippen LogP contribution in [0.5, 0.6) is 0 Å². The fourth-order valence-corrected chi connectivity index (χ4v) is 9.41. The molecule has 0 saturated heterocycles. The number of nitrogens with zero attached hydrogens (tertiary/aromatic N) is 3. The Kier molecular flexibility index (Phi) is 8.98. The van der Waals surface area contributed by atoms with E-state index in [1.165, 1.54) is 33.0 Å². The monoisotopic (exact) mass is 807 g/mol. The Morgan fingerprint density at radius 3 is 1.78 bits per heavy atom. The third-order valence-corrected chi connectivity index (χ3v) is 12.6. The normalized spacial score (nSPS) is 15.1. The highest BCUT2D eigenvalue weighted by atomic mass is 15.2. The second-order valence-electron chi connectivity index (χ2n) is 16.3. The molecule has 5 heteroatoms. The van der Waals surface area contributed by atoms with Crippen LogP contribution in [-0.2, 0) is 0 Å². The van der Waals surface area contributed by atoms with Crippen molar-refractivity contribution in [1.82, 2.24) is 25.2 Å². The number of hydrogen-bond acceptors (Lipinski definition) is 4. The Morgan fingerprint density at radius 2 is 1.02 bits per heavy atom. The molecule has 1 aliphatic heterocycles. The van der Waals surface area contributed by atoms with E-state index in [-0.39, 0.29) is 12.2 Å². The van der Waals surface area contributed by atoms with Crippen molar-refractivity contribution in [2.24, 2.45) is 0 Å². The molecule has 1 aliphatic rings. The largest absolute Gasteiger partial charge is 0.366 e. The standard InChI is InChI=1S/C58H41N5/c1-3-13-38(14-4-1)39-24-28-43(29-25-39)52-37-53(61-57(60-52)45-16-5-2-6-17-45)44-30-26-40(27-31-44)41-32-34-46(35-33-41)63-56-49-21-10-9-20-48(49)54-51(23-12-36-59-54)55(56)62-58(63)50-22-11-18-42-15-7-8-19-47(42)50/h1-37,52,57,60-61H. The molecule has 2 unspecified atom stereocenters. The van der Waals surface area contributed by atoms with Gasteiger partial charge in [-0.15, -0.1) is 0 Å². The van der Waals surface area contributed by atoms with Gasteiger partial charge in [-0.2, -0.15) is 0 Å². The molecule has 0 fully saturated rings. The van der Waals surface area contributed by atoms with Crippen molar-refractivity contribution >= 4 is 49.2 Å². The minimum absolute atomic E-state index is 0.0212. The highest BCUT2D eigenvalue weighted by molar-refractivity contribution is 6.23. The van der Waals surface area contributed by atoms with Crippen LogP contribution in [0.2, 0.25) is 0 Å². The zero-order valence-corrected chi connectivity index (χ0v) is 34.4. The lowest BCUT2D eigenvalue weighted by molar-refractivity contribution is 0.443. The first-order chi connectivity index (χ1) is 31.2. The molecule has 0 bridgehead atoms. The van der Waals surface area contributed by atoms with E-state index in [1.807, 2.05) is 12.3 Å². The first kappa shape index (κ1) is 36.7. The Bertz CT molecular complexity index is 3480. The molecule has 12 rings (SSSR count). The summed E-state index contributed by atoms with van der Waals surface area (Å²) in [7, 11) is 0. The summed E-state index contributed by atoms with van der Waals surface area (Å²) in [6.45, 7) is 0. The fourth-order valence-electron chi connectivity index (χ4n) is 9.41. The number of hydrogen-bond donors (Lipinski definition) is 2. The van der Waals surface area contributed by atoms with Crippen molar-refractivity contribution in [3.8, 4) is 39.3 Å². The molecule has 0 radical (unpaired) electrons. The molecule has 11 aromatic rings. The second kappa shape index (κ2) is 15.4. The van der Waals surface area contributed by atoms with Crippen molar-refractivity contribution in [3.63, 3.8) is 0 Å². The number of benzene rings is 9. The van der Waals surface area contributed by atoms with Gasteiger partial charge in [0.2, 0.25) is 0 Å². The first-order valence-corrected chi connectivity index (χ1v) is 21.6. The predicted octanol–water partition coefficient (Wildman–Crippen LogP) is 13.9. The highest BCUT2D eigenvalue weighted by Gasteiger charge is 2.25. The Hall–Kier alpha value is -8.12. The van der Waals surface area contributed by atoms with Gasteiger partial charge in [0.1, 0.15) is 12.0 Å². The SMILES string of the molecule is C1=C(c2ccc(-c3ccc(-n4c(-c5cccc6ccccc56)nc5c6cccnc6c6ccccc6c54)cc3)cc2)NC(c2ccccc2)NC1c1ccc(-c2ccccc2)cc1. The Balaban J connectivity index is 0.919. The second-order valence-corrected chi connectivity index (χ2v) is 16.3. The third-order valence-electron chi connectivity index (χ3n) is 12.6. The molecular formula is C58H41N5. The summed E-state index contributed by atoms with van der Waals surface area (Å²) in [5.74, 6) is 0.905. The summed E-state index contributed by atoms with van der Waals surface area (Å²) in [6, 6.07) is 75.8. The van der Waals surface area contributed by atoms with Crippen LogP contribution in [0.4, 0.5) is 0 Å². The highest BCUT2D eigenvalue weighted by Crippen LogP contribution is 2.40. The summed E-state index contributed by atoms with van der Waals surface area (Å²) in [5, 5.41) is 13.3. The lowest BCUT2D eigenvalue weighted by Gasteiger charge is -2.33. The van der Waals surface area contributed by atoms with Crippen molar-refractivity contribution in [2.75, 3.05) is 0 Å². The van der Waals surface area contributed by atoms with Crippen molar-refractivity contribution in [3.05, 3.63) is 241 Å². The smallest absolute Gasteiger partial charge is 0.146 e. The summed E-state index contributed by atoms with van der Waals surface area (Å²) in [4.78, 5) is 10.4. The van der Waals surface area contributed by atoms with Crippen LogP contribution < -0.4 is 10.6 Å². The maximum absolute atomic E-state index is 5.50. The Labute approximate surface area is 365 Å². The zero-order chi connectivity index (χ0) is 41.7. The van der Waals surface area contributed by atoms with E-state index in [9.17, 15) is 0 Å². The van der Waals surface area contributed by atoms with Crippen LogP contribution in [0.3, 0.4) is 0 Å². The molecule has 9 aromatic carbocycles. The van der Waals surface area contributed by atoms with Gasteiger partial charge in [-0.1, -0.05) is 188 Å². The molecule has 5 nitrogen and oxygen atoms in total. The minimum Gasteiger partial charge on any atom is -0.366 e. The first-order valence-electron chi connectivity index (χ1n) is 21.6. The van der Waals surface area contributed by atoms with Crippen LogP contribution >= 0.6 is 0 Å². The number of nitrogens with one attached hydrogen (secondary N) is 2. The average molecular weight is 808 g/mol. The van der Waals surface area contributed by atoms with E-state index in [1.54, 1.807) is 0 Å². The topological polar surface area (TPSA) is 54.8 Å². The number of aromatic nitrogens is 3. The number of fused-ring (bicyclic) bond motifs is 7. The minimum atomic E-state index is -0.0541. The van der Waals surface area contributed by atoms with E-state index in [2.05, 4.69) is 228 Å². The maximum Gasteiger partial charge on any atom is 0.146 e. The number of rotatable bonds is 7. The number of pyridine rings is 1. The van der Waals surface area contributed by atoms with E-state index in [4.69, 9.17) is 9.97 Å². The molecule has 3 heterocycles. The average Bonchev–Trinajstić information content (AvgIpc) is 3.78. The van der Waals surface area contributed by atoms with Crippen LogP contribution in [0.25, 0.3) is 88.5 Å². The third kappa shape index (κ3) is 6.54. The van der Waals surface area contributed by atoms with Crippen molar-refractivity contribution in [2.45, 2.75) is 12.2 Å². The van der Waals surface area contributed by atoms with E-state index in [0.29, 0.717) is 0 Å². The van der Waals surface area contributed by atoms with Crippen molar-refractivity contribution < 1.29 is 0 Å². The summed E-state index contributed by atoms with van der Waals surface area (Å²) < 4.78 is 2.35. The quantitative estimate of drug-likeness (QED) is 0.158. The lowest BCUT2D eigenvalue weighted by atomic mass is 9.95. The molecule has 2 N–H and O–H groups in total. The van der Waals surface area contributed by atoms with Gasteiger partial charge in [0.15, 0.2) is 0 Å². The van der Waals surface area contributed by atoms with E-state index >= 15 is 0 Å². The van der Waals surface area contributed by atoms with Gasteiger partial charge >= 0.3 is 0 Å². The van der Waals surface area contributed by atoms with Gasteiger partial charge in [0, 0.05) is 39.3 Å². The van der Waals surface area contributed by atoms with Gasteiger partial charge in [-0.05, 0) is 80.1 Å². The van der Waals surface area contributed by atoms with Gasteiger partial charge in [0.05, 0.1) is 22.6 Å². The van der Waals surface area contributed by atoms with E-state index in [0.717, 1.165) is 72.2 Å². The molecule has 0 spiro atoms. The van der Waals surface area contributed by atoms with Gasteiger partial charge in [0.25, 0.3) is 0 Å². The summed E-state index contributed by atoms with van der Waals surface area (Å²) in [5.41, 5.74) is 14.5. The van der Waals surface area contributed by atoms with Gasteiger partial charge < -0.3 is 5.32 Å². The van der Waals surface area contributed by atoms with Crippen molar-refractivity contribution in [1.29, 1.82) is 0 Å². The number of imidazole rings is 1. The maximum atomic E-state index is 5.50. The summed E-state index contributed by atoms with van der Waals surface area (Å²) >= 11 is 0. The van der Waals surface area contributed by atoms with Crippen LogP contribution in [0, 0.1) is 0 Å². The molecule has 2 aromatic heterocycles. The Morgan fingerprint density at radius 1 is 0.429 bits per heavy atom. The van der Waals surface area contributed by atoms with Gasteiger partial charge in [-0.25, -0.2) is 4.98 Å². The van der Waals surface area contributed by atoms with E-state index < -0.39 is 0 Å². The predicted molar refractivity (Wildman–Crippen MR) is 260 cm³/mol. The molecule has 2 atom stereocenters.